The Morgan fingerprint density at radius 2 is 2.10 bits per heavy atom. The molecule has 2 heterocycles. The molecule has 2 amide bonds. The lowest BCUT2D eigenvalue weighted by Crippen LogP contribution is -2.56. The molecule has 0 bridgehead atoms. The molecule has 0 radical (unpaired) electrons. The number of amides is 2. The smallest absolute Gasteiger partial charge is 0.326 e. The van der Waals surface area contributed by atoms with Crippen LogP contribution in [0.25, 0.3) is 0 Å². The van der Waals surface area contributed by atoms with Gasteiger partial charge in [0.15, 0.2) is 9.84 Å². The highest BCUT2D eigenvalue weighted by Gasteiger charge is 2.38. The van der Waals surface area contributed by atoms with E-state index in [9.17, 15) is 23.1 Å². The molecule has 2 aliphatic rings. The molecule has 20 heavy (non-hydrogen) atoms. The maximum atomic E-state index is 12.1. The van der Waals surface area contributed by atoms with Crippen LogP contribution < -0.4 is 5.32 Å². The van der Waals surface area contributed by atoms with Gasteiger partial charge in [0.2, 0.25) is 0 Å². The lowest BCUT2D eigenvalue weighted by atomic mass is 9.91. The summed E-state index contributed by atoms with van der Waals surface area (Å²) in [7, 11) is -3.24. The van der Waals surface area contributed by atoms with Crippen molar-refractivity contribution in [1.82, 2.24) is 10.2 Å². The third-order valence-corrected chi connectivity index (χ3v) is 5.08. The molecule has 3 unspecified atom stereocenters. The highest BCUT2D eigenvalue weighted by Crippen LogP contribution is 2.23. The molecule has 0 aliphatic carbocycles. The van der Waals surface area contributed by atoms with Gasteiger partial charge in [0, 0.05) is 12.0 Å². The number of nitrogens with zero attached hydrogens (tertiary/aromatic N) is 1. The molecule has 3 atom stereocenters. The number of aliphatic carboxylic acids is 1. The van der Waals surface area contributed by atoms with Crippen LogP contribution in [-0.4, -0.2) is 54.8 Å². The number of likely N-dealkylation sites (tertiary alicyclic amines) is 1. The van der Waals surface area contributed by atoms with Crippen LogP contribution in [-0.2, 0) is 14.6 Å². The summed E-state index contributed by atoms with van der Waals surface area (Å²) >= 11 is 0. The highest BCUT2D eigenvalue weighted by molar-refractivity contribution is 7.94. The van der Waals surface area contributed by atoms with Crippen LogP contribution in [0.3, 0.4) is 0 Å². The van der Waals surface area contributed by atoms with Crippen molar-refractivity contribution in [2.45, 2.75) is 31.8 Å². The fourth-order valence-corrected chi connectivity index (χ4v) is 3.93. The average Bonchev–Trinajstić information content (AvgIpc) is 2.67. The molecule has 7 nitrogen and oxygen atoms in total. The van der Waals surface area contributed by atoms with Gasteiger partial charge in [-0.1, -0.05) is 6.92 Å². The van der Waals surface area contributed by atoms with E-state index in [1.54, 1.807) is 6.92 Å². The van der Waals surface area contributed by atoms with Gasteiger partial charge in [-0.25, -0.2) is 18.0 Å². The van der Waals surface area contributed by atoms with Crippen molar-refractivity contribution in [1.29, 1.82) is 0 Å². The lowest BCUT2D eigenvalue weighted by Gasteiger charge is -2.37. The molecule has 2 N–H and O–H groups in total. The van der Waals surface area contributed by atoms with Crippen molar-refractivity contribution in [2.24, 2.45) is 5.92 Å². The quantitative estimate of drug-likeness (QED) is 0.758. The summed E-state index contributed by atoms with van der Waals surface area (Å²) in [6, 6.07) is -1.96. The van der Waals surface area contributed by atoms with Crippen molar-refractivity contribution in [3.05, 3.63) is 11.5 Å². The molecule has 2 rings (SSSR count). The van der Waals surface area contributed by atoms with Crippen molar-refractivity contribution >= 4 is 21.8 Å². The van der Waals surface area contributed by atoms with E-state index in [0.717, 1.165) is 18.2 Å². The summed E-state index contributed by atoms with van der Waals surface area (Å²) < 4.78 is 22.6. The first-order valence-corrected chi connectivity index (χ1v) is 8.22. The molecule has 112 valence electrons. The molecule has 1 saturated heterocycles. The largest absolute Gasteiger partial charge is 0.480 e. The summed E-state index contributed by atoms with van der Waals surface area (Å²) in [6.07, 6.45) is 2.92. The summed E-state index contributed by atoms with van der Waals surface area (Å²) in [5.41, 5.74) is 0. The van der Waals surface area contributed by atoms with Crippen molar-refractivity contribution in [3.8, 4) is 0 Å². The molecule has 2 aliphatic heterocycles. The molecular weight excluding hydrogens is 284 g/mol. The number of carbonyl (C=O) groups excluding carboxylic acids is 1. The fraction of sp³-hybridized carbons (Fsp3) is 0.667. The van der Waals surface area contributed by atoms with E-state index in [1.807, 2.05) is 0 Å². The van der Waals surface area contributed by atoms with Crippen LogP contribution in [0.2, 0.25) is 0 Å². The van der Waals surface area contributed by atoms with Crippen molar-refractivity contribution in [2.75, 3.05) is 12.3 Å². The minimum Gasteiger partial charge on any atom is -0.480 e. The number of hydrogen-bond acceptors (Lipinski definition) is 4. The van der Waals surface area contributed by atoms with Gasteiger partial charge in [0.1, 0.15) is 6.04 Å². The SMILES string of the molecule is CC1CCCN(C(=O)NC2C=CS(=O)(=O)C2)C1C(=O)O. The van der Waals surface area contributed by atoms with E-state index in [-0.39, 0.29) is 11.7 Å². The maximum Gasteiger partial charge on any atom is 0.326 e. The molecule has 0 aromatic heterocycles. The van der Waals surface area contributed by atoms with E-state index >= 15 is 0 Å². The normalized spacial score (nSPS) is 32.0. The Morgan fingerprint density at radius 1 is 1.40 bits per heavy atom. The highest BCUT2D eigenvalue weighted by atomic mass is 32.2. The lowest BCUT2D eigenvalue weighted by molar-refractivity contribution is -0.145. The molecule has 1 fully saturated rings. The Bertz CT molecular complexity index is 542. The van der Waals surface area contributed by atoms with Crippen LogP contribution in [0.1, 0.15) is 19.8 Å². The van der Waals surface area contributed by atoms with E-state index in [0.29, 0.717) is 6.54 Å². The van der Waals surface area contributed by atoms with Gasteiger partial charge in [-0.2, -0.15) is 0 Å². The van der Waals surface area contributed by atoms with Crippen molar-refractivity contribution in [3.63, 3.8) is 0 Å². The second-order valence-corrected chi connectivity index (χ2v) is 7.24. The topological polar surface area (TPSA) is 104 Å². The Morgan fingerprint density at radius 3 is 2.65 bits per heavy atom. The predicted octanol–water partition coefficient (Wildman–Crippen LogP) is 0.192. The molecule has 0 saturated carbocycles. The predicted molar refractivity (Wildman–Crippen MR) is 71.8 cm³/mol. The van der Waals surface area contributed by atoms with E-state index < -0.39 is 33.9 Å². The average molecular weight is 302 g/mol. The summed E-state index contributed by atoms with van der Waals surface area (Å²) in [5.74, 6) is -1.31. The first-order chi connectivity index (χ1) is 9.30. The number of piperidine rings is 1. The summed E-state index contributed by atoms with van der Waals surface area (Å²) in [4.78, 5) is 24.7. The van der Waals surface area contributed by atoms with Crippen LogP contribution in [0.15, 0.2) is 11.5 Å². The van der Waals surface area contributed by atoms with Gasteiger partial charge in [-0.15, -0.1) is 0 Å². The standard InChI is InChI=1S/C12H18N2O5S/c1-8-3-2-5-14(10(8)11(15)16)12(17)13-9-4-6-20(18,19)7-9/h4,6,8-10H,2-3,5,7H2,1H3,(H,13,17)(H,15,16). The Hall–Kier alpha value is -1.57. The third kappa shape index (κ3) is 3.12. The number of carbonyl (C=O) groups is 2. The minimum absolute atomic E-state index is 0.116. The summed E-state index contributed by atoms with van der Waals surface area (Å²) in [5, 5.41) is 12.9. The Kier molecular flexibility index (Phi) is 4.03. The van der Waals surface area contributed by atoms with Gasteiger partial charge in [0.25, 0.3) is 0 Å². The zero-order valence-electron chi connectivity index (χ0n) is 11.2. The third-order valence-electron chi connectivity index (χ3n) is 3.69. The fourth-order valence-electron chi connectivity index (χ4n) is 2.70. The van der Waals surface area contributed by atoms with E-state index in [4.69, 9.17) is 0 Å². The second kappa shape index (κ2) is 5.43. The molecule has 0 spiro atoms. The van der Waals surface area contributed by atoms with Crippen molar-refractivity contribution < 1.29 is 23.1 Å². The second-order valence-electron chi connectivity index (χ2n) is 5.31. The number of rotatable bonds is 2. The number of carboxylic acid groups (broad SMARTS) is 1. The zero-order chi connectivity index (χ0) is 14.9. The minimum atomic E-state index is -3.24. The van der Waals surface area contributed by atoms with Gasteiger partial charge in [0.05, 0.1) is 11.8 Å². The van der Waals surface area contributed by atoms with Gasteiger partial charge in [-0.05, 0) is 24.8 Å². The van der Waals surface area contributed by atoms with Crippen LogP contribution in [0.5, 0.6) is 0 Å². The maximum absolute atomic E-state index is 12.1. The summed E-state index contributed by atoms with van der Waals surface area (Å²) in [6.45, 7) is 2.18. The van der Waals surface area contributed by atoms with Gasteiger partial charge in [-0.3, -0.25) is 0 Å². The number of hydrogen-bond donors (Lipinski definition) is 2. The molecule has 8 heteroatoms. The Labute approximate surface area is 117 Å². The van der Waals surface area contributed by atoms with Crippen LogP contribution in [0, 0.1) is 5.92 Å². The Balaban J connectivity index is 2.04. The van der Waals surface area contributed by atoms with Crippen LogP contribution in [0.4, 0.5) is 4.79 Å². The van der Waals surface area contributed by atoms with Gasteiger partial charge >= 0.3 is 12.0 Å². The molecule has 0 aromatic rings. The molecule has 0 aromatic carbocycles. The zero-order valence-corrected chi connectivity index (χ0v) is 12.0. The van der Waals surface area contributed by atoms with E-state index in [2.05, 4.69) is 5.32 Å². The van der Waals surface area contributed by atoms with E-state index in [1.165, 1.54) is 11.0 Å². The monoisotopic (exact) mass is 302 g/mol. The number of urea groups is 1. The van der Waals surface area contributed by atoms with Gasteiger partial charge < -0.3 is 15.3 Å². The number of carboxylic acids is 1. The molecular formula is C12H18N2O5S. The first-order valence-electron chi connectivity index (χ1n) is 6.51. The first kappa shape index (κ1) is 14.8. The number of sulfone groups is 1. The number of nitrogens with one attached hydrogen (secondary N) is 1. The van der Waals surface area contributed by atoms with Crippen LogP contribution >= 0.6 is 0 Å².